The van der Waals surface area contributed by atoms with Crippen LogP contribution in [-0.2, 0) is 4.79 Å². The standard InChI is InChI=1S/C8H13NO/c10-7-2-1-6-9-8-4-3-5-8/h1-2,7-9H,3-6H2/b2-1+. The van der Waals surface area contributed by atoms with Crippen molar-refractivity contribution in [1.29, 1.82) is 0 Å². The fourth-order valence-electron chi connectivity index (χ4n) is 0.971. The second-order valence-corrected chi connectivity index (χ2v) is 2.60. The molecule has 1 fully saturated rings. The van der Waals surface area contributed by atoms with E-state index in [1.54, 1.807) is 0 Å². The molecular formula is C8H13NO. The number of nitrogens with one attached hydrogen (secondary N) is 1. The van der Waals surface area contributed by atoms with Crippen LogP contribution in [-0.4, -0.2) is 18.9 Å². The van der Waals surface area contributed by atoms with Gasteiger partial charge in [-0.2, -0.15) is 0 Å². The third-order valence-electron chi connectivity index (χ3n) is 1.84. The number of allylic oxidation sites excluding steroid dienone is 1. The van der Waals surface area contributed by atoms with E-state index in [-0.39, 0.29) is 0 Å². The predicted molar refractivity (Wildman–Crippen MR) is 40.8 cm³/mol. The first-order valence-electron chi connectivity index (χ1n) is 3.77. The van der Waals surface area contributed by atoms with Gasteiger partial charge in [-0.25, -0.2) is 0 Å². The zero-order valence-corrected chi connectivity index (χ0v) is 6.05. The number of aldehydes is 1. The molecule has 1 saturated carbocycles. The van der Waals surface area contributed by atoms with Crippen molar-refractivity contribution in [2.45, 2.75) is 25.3 Å². The highest BCUT2D eigenvalue weighted by atomic mass is 16.1. The molecule has 1 aliphatic rings. The van der Waals surface area contributed by atoms with Gasteiger partial charge in [-0.1, -0.05) is 12.5 Å². The normalized spacial score (nSPS) is 19.2. The molecule has 0 aromatic heterocycles. The van der Waals surface area contributed by atoms with Gasteiger partial charge in [0, 0.05) is 12.6 Å². The van der Waals surface area contributed by atoms with Crippen LogP contribution < -0.4 is 5.32 Å². The first-order chi connectivity index (χ1) is 4.93. The zero-order chi connectivity index (χ0) is 7.23. The van der Waals surface area contributed by atoms with Crippen molar-refractivity contribution >= 4 is 6.29 Å². The summed E-state index contributed by atoms with van der Waals surface area (Å²) in [6, 6.07) is 0.719. The molecule has 0 saturated heterocycles. The van der Waals surface area contributed by atoms with Crippen molar-refractivity contribution in [3.05, 3.63) is 12.2 Å². The minimum atomic E-state index is 0.719. The summed E-state index contributed by atoms with van der Waals surface area (Å²) < 4.78 is 0. The highest BCUT2D eigenvalue weighted by molar-refractivity contribution is 5.64. The molecule has 0 amide bonds. The highest BCUT2D eigenvalue weighted by Gasteiger charge is 2.14. The molecule has 2 heteroatoms. The molecule has 0 aromatic rings. The molecule has 0 atom stereocenters. The van der Waals surface area contributed by atoms with Gasteiger partial charge in [0.05, 0.1) is 0 Å². The van der Waals surface area contributed by atoms with Crippen molar-refractivity contribution in [3.63, 3.8) is 0 Å². The third-order valence-corrected chi connectivity index (χ3v) is 1.84. The van der Waals surface area contributed by atoms with E-state index in [1.807, 2.05) is 6.08 Å². The Hall–Kier alpha value is -0.630. The van der Waals surface area contributed by atoms with E-state index in [9.17, 15) is 4.79 Å². The van der Waals surface area contributed by atoms with Gasteiger partial charge >= 0.3 is 0 Å². The van der Waals surface area contributed by atoms with Gasteiger partial charge < -0.3 is 5.32 Å². The summed E-state index contributed by atoms with van der Waals surface area (Å²) in [5, 5.41) is 3.31. The van der Waals surface area contributed by atoms with Crippen LogP contribution in [0, 0.1) is 0 Å². The van der Waals surface area contributed by atoms with Crippen LogP contribution in [0.2, 0.25) is 0 Å². The number of hydrogen-bond acceptors (Lipinski definition) is 2. The molecule has 0 heterocycles. The van der Waals surface area contributed by atoms with Crippen molar-refractivity contribution in [2.75, 3.05) is 6.54 Å². The summed E-state index contributed by atoms with van der Waals surface area (Å²) in [5.41, 5.74) is 0. The Labute approximate surface area is 61.3 Å². The Balaban J connectivity index is 1.93. The Morgan fingerprint density at radius 1 is 1.50 bits per heavy atom. The minimum Gasteiger partial charge on any atom is -0.311 e. The lowest BCUT2D eigenvalue weighted by molar-refractivity contribution is -0.104. The average Bonchev–Trinajstić information content (AvgIpc) is 1.84. The molecule has 56 valence electrons. The van der Waals surface area contributed by atoms with E-state index in [0.717, 1.165) is 18.9 Å². The van der Waals surface area contributed by atoms with Crippen LogP contribution in [0.3, 0.4) is 0 Å². The number of rotatable bonds is 4. The van der Waals surface area contributed by atoms with Gasteiger partial charge in [-0.15, -0.1) is 0 Å². The van der Waals surface area contributed by atoms with E-state index >= 15 is 0 Å². The Bertz CT molecular complexity index is 127. The summed E-state index contributed by atoms with van der Waals surface area (Å²) in [4.78, 5) is 9.82. The van der Waals surface area contributed by atoms with Crippen LogP contribution in [0.5, 0.6) is 0 Å². The number of hydrogen-bond donors (Lipinski definition) is 1. The maximum absolute atomic E-state index is 9.82. The summed E-state index contributed by atoms with van der Waals surface area (Å²) in [7, 11) is 0. The fourth-order valence-corrected chi connectivity index (χ4v) is 0.971. The molecule has 0 aromatic carbocycles. The first kappa shape index (κ1) is 7.48. The molecular weight excluding hydrogens is 126 g/mol. The van der Waals surface area contributed by atoms with E-state index in [4.69, 9.17) is 0 Å². The van der Waals surface area contributed by atoms with E-state index < -0.39 is 0 Å². The molecule has 10 heavy (non-hydrogen) atoms. The topological polar surface area (TPSA) is 29.1 Å². The molecule has 0 bridgehead atoms. The number of carbonyl (C=O) groups is 1. The van der Waals surface area contributed by atoms with E-state index in [2.05, 4.69) is 5.32 Å². The van der Waals surface area contributed by atoms with E-state index in [0.29, 0.717) is 0 Å². The molecule has 0 radical (unpaired) electrons. The van der Waals surface area contributed by atoms with Gasteiger partial charge in [-0.05, 0) is 18.9 Å². The molecule has 2 nitrogen and oxygen atoms in total. The second-order valence-electron chi connectivity index (χ2n) is 2.60. The van der Waals surface area contributed by atoms with Gasteiger partial charge in [0.15, 0.2) is 0 Å². The minimum absolute atomic E-state index is 0.719. The summed E-state index contributed by atoms with van der Waals surface area (Å²) in [6.07, 6.45) is 8.15. The lowest BCUT2D eigenvalue weighted by atomic mass is 9.93. The average molecular weight is 139 g/mol. The third kappa shape index (κ3) is 2.31. The monoisotopic (exact) mass is 139 g/mol. The fraction of sp³-hybridized carbons (Fsp3) is 0.625. The zero-order valence-electron chi connectivity index (χ0n) is 6.05. The molecule has 0 aliphatic heterocycles. The second kappa shape index (κ2) is 4.23. The van der Waals surface area contributed by atoms with Crippen LogP contribution in [0.4, 0.5) is 0 Å². The van der Waals surface area contributed by atoms with E-state index in [1.165, 1.54) is 25.3 Å². The first-order valence-corrected chi connectivity index (χ1v) is 3.77. The summed E-state index contributed by atoms with van der Waals surface area (Å²) >= 11 is 0. The van der Waals surface area contributed by atoms with Crippen LogP contribution in [0.1, 0.15) is 19.3 Å². The Morgan fingerprint density at radius 2 is 2.30 bits per heavy atom. The Kier molecular flexibility index (Phi) is 3.16. The lowest BCUT2D eigenvalue weighted by Gasteiger charge is -2.25. The van der Waals surface area contributed by atoms with Crippen LogP contribution in [0.25, 0.3) is 0 Å². The predicted octanol–water partition coefficient (Wildman–Crippen LogP) is 0.884. The largest absolute Gasteiger partial charge is 0.311 e. The number of carbonyl (C=O) groups excluding carboxylic acids is 1. The summed E-state index contributed by atoms with van der Waals surface area (Å²) in [5.74, 6) is 0. The quantitative estimate of drug-likeness (QED) is 0.463. The van der Waals surface area contributed by atoms with Crippen molar-refractivity contribution < 1.29 is 4.79 Å². The maximum Gasteiger partial charge on any atom is 0.142 e. The van der Waals surface area contributed by atoms with Crippen molar-refractivity contribution in [1.82, 2.24) is 5.32 Å². The smallest absolute Gasteiger partial charge is 0.142 e. The van der Waals surface area contributed by atoms with Gasteiger partial charge in [0.2, 0.25) is 0 Å². The van der Waals surface area contributed by atoms with Crippen LogP contribution in [0.15, 0.2) is 12.2 Å². The van der Waals surface area contributed by atoms with Gasteiger partial charge in [0.25, 0.3) is 0 Å². The molecule has 0 unspecified atom stereocenters. The van der Waals surface area contributed by atoms with Crippen molar-refractivity contribution in [2.24, 2.45) is 0 Å². The van der Waals surface area contributed by atoms with Crippen LogP contribution >= 0.6 is 0 Å². The molecule has 0 spiro atoms. The molecule has 1 aliphatic carbocycles. The SMILES string of the molecule is O=C/C=C/CNC1CCC1. The maximum atomic E-state index is 9.82. The lowest BCUT2D eigenvalue weighted by Crippen LogP contribution is -2.34. The van der Waals surface area contributed by atoms with Crippen molar-refractivity contribution in [3.8, 4) is 0 Å². The molecule has 1 N–H and O–H groups in total. The Morgan fingerprint density at radius 3 is 2.80 bits per heavy atom. The summed E-state index contributed by atoms with van der Waals surface area (Å²) in [6.45, 7) is 0.837. The molecule has 1 rings (SSSR count). The highest BCUT2D eigenvalue weighted by Crippen LogP contribution is 2.17. The van der Waals surface area contributed by atoms with Gasteiger partial charge in [-0.3, -0.25) is 4.79 Å². The van der Waals surface area contributed by atoms with Gasteiger partial charge in [0.1, 0.15) is 6.29 Å².